The number of nitrogens with one attached hydrogen (secondary N) is 3. The summed E-state index contributed by atoms with van der Waals surface area (Å²) >= 11 is 0. The van der Waals surface area contributed by atoms with Gasteiger partial charge in [0.1, 0.15) is 23.4 Å². The number of aromatic nitrogens is 1. The van der Waals surface area contributed by atoms with Crippen molar-refractivity contribution in [1.29, 1.82) is 0 Å². The molecule has 3 N–H and O–H groups in total. The zero-order valence-corrected chi connectivity index (χ0v) is 15.7. The second-order valence-electron chi connectivity index (χ2n) is 7.23. The van der Waals surface area contributed by atoms with Gasteiger partial charge < -0.3 is 20.7 Å². The molecule has 2 aliphatic rings. The smallest absolute Gasteiger partial charge is 0.316 e. The third kappa shape index (κ3) is 3.59. The topological polar surface area (TPSA) is 92.4 Å². The van der Waals surface area contributed by atoms with Crippen LogP contribution >= 0.6 is 0 Å². The zero-order chi connectivity index (χ0) is 20.6. The molecule has 0 unspecified atom stereocenters. The molecule has 0 bridgehead atoms. The largest absolute Gasteiger partial charge is 0.497 e. The van der Waals surface area contributed by atoms with Crippen LogP contribution in [-0.2, 0) is 10.3 Å². The fraction of sp³-hybridized carbons (Fsp3) is 0.350. The molecule has 2 atom stereocenters. The van der Waals surface area contributed by atoms with Crippen LogP contribution in [0.25, 0.3) is 0 Å². The number of hydrogen-bond donors (Lipinski definition) is 3. The lowest BCUT2D eigenvalue weighted by Crippen LogP contribution is -2.50. The lowest BCUT2D eigenvalue weighted by molar-refractivity contribution is -0.120. The minimum atomic E-state index is -1.10. The van der Waals surface area contributed by atoms with Gasteiger partial charge in [-0.15, -0.1) is 0 Å². The summed E-state index contributed by atoms with van der Waals surface area (Å²) < 4.78 is 33.9. The normalized spacial score (nSPS) is 22.0. The summed E-state index contributed by atoms with van der Waals surface area (Å²) in [5.41, 5.74) is -0.109. The van der Waals surface area contributed by atoms with Gasteiger partial charge in [0.15, 0.2) is 0 Å². The highest BCUT2D eigenvalue weighted by atomic mass is 19.1. The first-order valence-electron chi connectivity index (χ1n) is 9.24. The van der Waals surface area contributed by atoms with Crippen LogP contribution < -0.4 is 20.7 Å². The number of methoxy groups -OCH3 is 1. The highest BCUT2D eigenvalue weighted by Crippen LogP contribution is 2.44. The van der Waals surface area contributed by atoms with Crippen LogP contribution in [0.1, 0.15) is 30.0 Å². The van der Waals surface area contributed by atoms with Crippen molar-refractivity contribution in [2.45, 2.75) is 30.3 Å². The number of halogens is 2. The fourth-order valence-electron chi connectivity index (χ4n) is 3.70. The molecule has 2 fully saturated rings. The monoisotopic (exact) mass is 402 g/mol. The molecule has 1 aromatic carbocycles. The van der Waals surface area contributed by atoms with Crippen molar-refractivity contribution in [3.63, 3.8) is 0 Å². The molecule has 4 rings (SSSR count). The predicted molar refractivity (Wildman–Crippen MR) is 99.3 cm³/mol. The van der Waals surface area contributed by atoms with Gasteiger partial charge >= 0.3 is 6.03 Å². The summed E-state index contributed by atoms with van der Waals surface area (Å²) in [5.74, 6) is -3.01. The van der Waals surface area contributed by atoms with Crippen molar-refractivity contribution in [3.8, 4) is 5.75 Å². The average molecular weight is 402 g/mol. The Morgan fingerprint density at radius 3 is 2.59 bits per heavy atom. The van der Waals surface area contributed by atoms with Crippen molar-refractivity contribution in [1.82, 2.24) is 20.9 Å². The predicted octanol–water partition coefficient (Wildman–Crippen LogP) is 1.94. The number of nitrogens with zero attached hydrogens (tertiary/aromatic N) is 1. The Bertz CT molecular complexity index is 927. The lowest BCUT2D eigenvalue weighted by atomic mass is 9.93. The first-order chi connectivity index (χ1) is 13.9. The molecule has 1 aromatic heterocycles. The van der Waals surface area contributed by atoms with Crippen molar-refractivity contribution in [2.24, 2.45) is 0 Å². The molecule has 7 nitrogen and oxygen atoms in total. The molecule has 1 aliphatic carbocycles. The Balaban J connectivity index is 1.52. The van der Waals surface area contributed by atoms with Gasteiger partial charge in [-0.1, -0.05) is 6.07 Å². The van der Waals surface area contributed by atoms with E-state index in [1.165, 1.54) is 7.11 Å². The molecule has 29 heavy (non-hydrogen) atoms. The van der Waals surface area contributed by atoms with Gasteiger partial charge in [-0.25, -0.2) is 13.6 Å². The van der Waals surface area contributed by atoms with E-state index >= 15 is 0 Å². The third-order valence-electron chi connectivity index (χ3n) is 5.38. The Labute approximate surface area is 165 Å². The molecule has 2 aromatic rings. The van der Waals surface area contributed by atoms with E-state index in [4.69, 9.17) is 4.74 Å². The summed E-state index contributed by atoms with van der Waals surface area (Å²) in [6.45, 7) is 0.00926. The minimum absolute atomic E-state index is 0.00926. The first kappa shape index (κ1) is 19.1. The Kier molecular flexibility index (Phi) is 4.81. The van der Waals surface area contributed by atoms with Gasteiger partial charge in [0.05, 0.1) is 18.3 Å². The van der Waals surface area contributed by atoms with Gasteiger partial charge in [-0.3, -0.25) is 9.78 Å². The zero-order valence-electron chi connectivity index (χ0n) is 15.7. The first-order valence-corrected chi connectivity index (χ1v) is 9.24. The van der Waals surface area contributed by atoms with Gasteiger partial charge in [0, 0.05) is 36.4 Å². The molecule has 152 valence electrons. The Hall–Kier alpha value is -3.23. The number of pyridine rings is 1. The summed E-state index contributed by atoms with van der Waals surface area (Å²) in [5, 5.41) is 7.98. The third-order valence-corrected chi connectivity index (χ3v) is 5.38. The van der Waals surface area contributed by atoms with Crippen molar-refractivity contribution in [2.75, 3.05) is 13.7 Å². The van der Waals surface area contributed by atoms with Crippen LogP contribution in [0.3, 0.4) is 0 Å². The number of rotatable bonds is 5. The van der Waals surface area contributed by atoms with Gasteiger partial charge in [-0.05, 0) is 25.0 Å². The van der Waals surface area contributed by atoms with Crippen molar-refractivity contribution in [3.05, 3.63) is 59.4 Å². The van der Waals surface area contributed by atoms with Crippen molar-refractivity contribution >= 4 is 11.9 Å². The highest BCUT2D eigenvalue weighted by molar-refractivity contribution is 5.90. The van der Waals surface area contributed by atoms with E-state index in [0.717, 1.165) is 30.7 Å². The molecule has 1 aliphatic heterocycles. The molecule has 3 amide bonds. The van der Waals surface area contributed by atoms with E-state index in [0.29, 0.717) is 0 Å². The molecular weight excluding hydrogens is 382 g/mol. The van der Waals surface area contributed by atoms with Gasteiger partial charge in [0.25, 0.3) is 0 Å². The maximum Gasteiger partial charge on any atom is 0.316 e. The maximum atomic E-state index is 14.5. The van der Waals surface area contributed by atoms with E-state index in [9.17, 15) is 18.4 Å². The molecule has 2 heterocycles. The number of carbonyl (C=O) groups excluding carboxylic acids is 2. The van der Waals surface area contributed by atoms with E-state index in [1.54, 1.807) is 12.3 Å². The lowest BCUT2D eigenvalue weighted by Gasteiger charge is -2.23. The van der Waals surface area contributed by atoms with Crippen LogP contribution in [-0.4, -0.2) is 36.6 Å². The fourth-order valence-corrected chi connectivity index (χ4v) is 3.70. The molecular formula is C20H20F2N4O3. The maximum absolute atomic E-state index is 14.5. The quantitative estimate of drug-likeness (QED) is 0.713. The van der Waals surface area contributed by atoms with Gasteiger partial charge in [0.2, 0.25) is 5.91 Å². The van der Waals surface area contributed by atoms with E-state index < -0.39 is 41.1 Å². The van der Waals surface area contributed by atoms with E-state index in [-0.39, 0.29) is 17.9 Å². The number of benzene rings is 1. The number of hydrogen-bond acceptors (Lipinski definition) is 4. The average Bonchev–Trinajstić information content (AvgIpc) is 3.41. The summed E-state index contributed by atoms with van der Waals surface area (Å²) in [6.07, 6.45) is 3.09. The number of urea groups is 1. The number of amides is 3. The van der Waals surface area contributed by atoms with Crippen molar-refractivity contribution < 1.29 is 23.1 Å². The van der Waals surface area contributed by atoms with Crippen LogP contribution in [0, 0.1) is 11.6 Å². The summed E-state index contributed by atoms with van der Waals surface area (Å²) in [6, 6.07) is 5.85. The number of ether oxygens (including phenoxy) is 1. The molecule has 0 radical (unpaired) electrons. The molecule has 9 heteroatoms. The second-order valence-corrected chi connectivity index (χ2v) is 7.23. The Morgan fingerprint density at radius 1 is 1.28 bits per heavy atom. The van der Waals surface area contributed by atoms with Crippen LogP contribution in [0.15, 0.2) is 36.5 Å². The minimum Gasteiger partial charge on any atom is -0.497 e. The van der Waals surface area contributed by atoms with E-state index in [1.807, 2.05) is 12.1 Å². The van der Waals surface area contributed by atoms with E-state index in [2.05, 4.69) is 20.9 Å². The molecule has 0 spiro atoms. The van der Waals surface area contributed by atoms with Gasteiger partial charge in [-0.2, -0.15) is 0 Å². The van der Waals surface area contributed by atoms with Crippen LogP contribution in [0.5, 0.6) is 5.75 Å². The summed E-state index contributed by atoms with van der Waals surface area (Å²) in [7, 11) is 1.30. The highest BCUT2D eigenvalue weighted by Gasteiger charge is 2.48. The Morgan fingerprint density at radius 2 is 2.00 bits per heavy atom. The SMILES string of the molecule is COc1cc(F)c([C@@H]2CNC(=O)[C@H]2NC(=O)NC2(c3ccccn3)CC2)c(F)c1. The number of carbonyl (C=O) groups is 2. The summed E-state index contributed by atoms with van der Waals surface area (Å²) in [4.78, 5) is 29.1. The molecule has 1 saturated heterocycles. The standard InChI is InChI=1S/C20H20F2N4O3/c1-29-11-8-13(21)16(14(22)9-11)12-10-24-18(27)17(12)25-19(28)26-20(5-6-20)15-4-2-3-7-23-15/h2-4,7-9,12,17H,5-6,10H2,1H3,(H,24,27)(H2,25,26,28)/t12-,17-/m0/s1. The van der Waals surface area contributed by atoms with Crippen LogP contribution in [0.4, 0.5) is 13.6 Å². The van der Waals surface area contributed by atoms with Crippen LogP contribution in [0.2, 0.25) is 0 Å². The molecule has 1 saturated carbocycles. The second kappa shape index (κ2) is 7.31.